The molecule has 0 aromatic heterocycles. The average molecular weight is 197 g/mol. The number of morpholine rings is 1. The first-order valence-corrected chi connectivity index (χ1v) is 5.80. The summed E-state index contributed by atoms with van der Waals surface area (Å²) in [6.07, 6.45) is 4.33. The summed E-state index contributed by atoms with van der Waals surface area (Å²) in [6.45, 7) is 9.97. The minimum Gasteiger partial charge on any atom is -0.374 e. The van der Waals surface area contributed by atoms with E-state index < -0.39 is 0 Å². The van der Waals surface area contributed by atoms with Crippen LogP contribution in [0.5, 0.6) is 0 Å². The maximum absolute atomic E-state index is 6.05. The van der Waals surface area contributed by atoms with Gasteiger partial charge in [0, 0.05) is 11.6 Å². The topological polar surface area (TPSA) is 21.3 Å². The van der Waals surface area contributed by atoms with Crippen LogP contribution in [0.25, 0.3) is 0 Å². The largest absolute Gasteiger partial charge is 0.374 e. The van der Waals surface area contributed by atoms with E-state index in [1.165, 1.54) is 19.3 Å². The van der Waals surface area contributed by atoms with Gasteiger partial charge in [-0.1, -0.05) is 20.3 Å². The van der Waals surface area contributed by atoms with Crippen molar-refractivity contribution in [3.63, 3.8) is 0 Å². The monoisotopic (exact) mass is 197 g/mol. The molecule has 2 heteroatoms. The Morgan fingerprint density at radius 3 is 2.64 bits per heavy atom. The standard InChI is InChI=1S/C12H23NO/c1-11(2)7-5-6-9-10(11)14-8-12(3,4)13-9/h9-10,13H,5-8H2,1-4H3. The summed E-state index contributed by atoms with van der Waals surface area (Å²) >= 11 is 0. The molecule has 2 rings (SSSR count). The van der Waals surface area contributed by atoms with Gasteiger partial charge in [0.25, 0.3) is 0 Å². The molecular formula is C12H23NO. The summed E-state index contributed by atoms with van der Waals surface area (Å²) in [5.41, 5.74) is 0.515. The Kier molecular flexibility index (Phi) is 2.39. The number of hydrogen-bond donors (Lipinski definition) is 1. The van der Waals surface area contributed by atoms with Crippen molar-refractivity contribution in [3.05, 3.63) is 0 Å². The molecule has 1 saturated carbocycles. The van der Waals surface area contributed by atoms with Crippen LogP contribution in [-0.4, -0.2) is 24.3 Å². The lowest BCUT2D eigenvalue weighted by molar-refractivity contribution is -0.124. The number of hydrogen-bond acceptors (Lipinski definition) is 2. The van der Waals surface area contributed by atoms with Gasteiger partial charge < -0.3 is 10.1 Å². The van der Waals surface area contributed by atoms with Crippen molar-refractivity contribution >= 4 is 0 Å². The molecular weight excluding hydrogens is 174 g/mol. The van der Waals surface area contributed by atoms with E-state index in [9.17, 15) is 0 Å². The molecule has 0 spiro atoms. The van der Waals surface area contributed by atoms with Gasteiger partial charge in [-0.15, -0.1) is 0 Å². The second-order valence-electron chi connectivity index (χ2n) is 6.25. The number of nitrogens with one attached hydrogen (secondary N) is 1. The Morgan fingerprint density at radius 1 is 1.21 bits per heavy atom. The molecule has 1 saturated heterocycles. The fourth-order valence-corrected chi connectivity index (χ4v) is 2.95. The van der Waals surface area contributed by atoms with E-state index in [2.05, 4.69) is 33.0 Å². The van der Waals surface area contributed by atoms with Crippen LogP contribution in [0.4, 0.5) is 0 Å². The lowest BCUT2D eigenvalue weighted by Gasteiger charge is -2.51. The van der Waals surface area contributed by atoms with Gasteiger partial charge in [-0.3, -0.25) is 0 Å². The molecule has 1 N–H and O–H groups in total. The van der Waals surface area contributed by atoms with Crippen molar-refractivity contribution in [3.8, 4) is 0 Å². The second-order valence-corrected chi connectivity index (χ2v) is 6.25. The quantitative estimate of drug-likeness (QED) is 0.643. The van der Waals surface area contributed by atoms with Crippen molar-refractivity contribution < 1.29 is 4.74 Å². The summed E-state index contributed by atoms with van der Waals surface area (Å²) in [6, 6.07) is 0.572. The minimum atomic E-state index is 0.161. The number of fused-ring (bicyclic) bond motifs is 1. The first-order chi connectivity index (χ1) is 6.41. The number of ether oxygens (including phenoxy) is 1. The molecule has 2 fully saturated rings. The van der Waals surface area contributed by atoms with Gasteiger partial charge in [-0.05, 0) is 32.1 Å². The lowest BCUT2D eigenvalue weighted by atomic mass is 9.71. The summed E-state index contributed by atoms with van der Waals surface area (Å²) < 4.78 is 6.05. The smallest absolute Gasteiger partial charge is 0.0779 e. The van der Waals surface area contributed by atoms with Gasteiger partial charge in [0.1, 0.15) is 0 Å². The Hall–Kier alpha value is -0.0800. The first-order valence-electron chi connectivity index (χ1n) is 5.80. The predicted molar refractivity (Wildman–Crippen MR) is 58.4 cm³/mol. The van der Waals surface area contributed by atoms with Crippen molar-refractivity contribution in [1.82, 2.24) is 5.32 Å². The highest BCUT2D eigenvalue weighted by atomic mass is 16.5. The van der Waals surface area contributed by atoms with Crippen LogP contribution >= 0.6 is 0 Å². The van der Waals surface area contributed by atoms with E-state index in [4.69, 9.17) is 4.74 Å². The summed E-state index contributed by atoms with van der Waals surface area (Å²) in [7, 11) is 0. The van der Waals surface area contributed by atoms with Crippen LogP contribution in [0.1, 0.15) is 47.0 Å². The maximum Gasteiger partial charge on any atom is 0.0779 e. The Labute approximate surface area is 87.4 Å². The molecule has 0 aromatic carbocycles. The maximum atomic E-state index is 6.05. The zero-order valence-corrected chi connectivity index (χ0v) is 9.89. The fraction of sp³-hybridized carbons (Fsp3) is 1.00. The highest BCUT2D eigenvalue weighted by Gasteiger charge is 2.45. The summed E-state index contributed by atoms with van der Waals surface area (Å²) in [4.78, 5) is 0. The SMILES string of the molecule is CC1(C)COC2C(CCCC2(C)C)N1. The Bertz CT molecular complexity index is 222. The zero-order chi connectivity index (χ0) is 10.4. The zero-order valence-electron chi connectivity index (χ0n) is 9.89. The van der Waals surface area contributed by atoms with Crippen LogP contribution < -0.4 is 5.32 Å². The van der Waals surface area contributed by atoms with Gasteiger partial charge in [0.15, 0.2) is 0 Å². The highest BCUT2D eigenvalue weighted by Crippen LogP contribution is 2.40. The predicted octanol–water partition coefficient (Wildman–Crippen LogP) is 2.33. The van der Waals surface area contributed by atoms with Crippen LogP contribution in [0.3, 0.4) is 0 Å². The van der Waals surface area contributed by atoms with Gasteiger partial charge in [-0.2, -0.15) is 0 Å². The third kappa shape index (κ3) is 1.82. The van der Waals surface area contributed by atoms with Crippen molar-refractivity contribution in [1.29, 1.82) is 0 Å². The highest BCUT2D eigenvalue weighted by molar-refractivity contribution is 4.99. The molecule has 0 bridgehead atoms. The van der Waals surface area contributed by atoms with Crippen LogP contribution in [0, 0.1) is 5.41 Å². The molecule has 0 radical (unpaired) electrons. The van der Waals surface area contributed by atoms with E-state index in [0.717, 1.165) is 6.61 Å². The molecule has 1 heterocycles. The Balaban J connectivity index is 2.11. The van der Waals surface area contributed by atoms with E-state index in [0.29, 0.717) is 17.6 Å². The molecule has 2 nitrogen and oxygen atoms in total. The van der Waals surface area contributed by atoms with Gasteiger partial charge >= 0.3 is 0 Å². The van der Waals surface area contributed by atoms with Gasteiger partial charge in [0.05, 0.1) is 12.7 Å². The van der Waals surface area contributed by atoms with Gasteiger partial charge in [-0.25, -0.2) is 0 Å². The minimum absolute atomic E-state index is 0.161. The third-order valence-corrected chi connectivity index (χ3v) is 3.67. The molecule has 82 valence electrons. The summed E-state index contributed by atoms with van der Waals surface area (Å²) in [5.74, 6) is 0. The van der Waals surface area contributed by atoms with Crippen molar-refractivity contribution in [2.24, 2.45) is 5.41 Å². The second kappa shape index (κ2) is 3.21. The van der Waals surface area contributed by atoms with Crippen LogP contribution in [-0.2, 0) is 4.74 Å². The van der Waals surface area contributed by atoms with E-state index in [1.807, 2.05) is 0 Å². The van der Waals surface area contributed by atoms with Crippen LogP contribution in [0.2, 0.25) is 0 Å². The first kappa shape index (κ1) is 10.4. The normalized spacial score (nSPS) is 40.3. The number of rotatable bonds is 0. The van der Waals surface area contributed by atoms with E-state index in [1.54, 1.807) is 0 Å². The molecule has 0 amide bonds. The molecule has 1 aliphatic carbocycles. The van der Waals surface area contributed by atoms with Gasteiger partial charge in [0.2, 0.25) is 0 Å². The fourth-order valence-electron chi connectivity index (χ4n) is 2.95. The van der Waals surface area contributed by atoms with Crippen molar-refractivity contribution in [2.45, 2.75) is 64.6 Å². The molecule has 14 heavy (non-hydrogen) atoms. The molecule has 2 unspecified atom stereocenters. The molecule has 1 aliphatic heterocycles. The van der Waals surface area contributed by atoms with E-state index >= 15 is 0 Å². The molecule has 2 aliphatic rings. The Morgan fingerprint density at radius 2 is 1.93 bits per heavy atom. The lowest BCUT2D eigenvalue weighted by Crippen LogP contribution is -2.64. The average Bonchev–Trinajstić information content (AvgIpc) is 2.00. The summed E-state index contributed by atoms with van der Waals surface area (Å²) in [5, 5.41) is 3.73. The molecule has 2 atom stereocenters. The third-order valence-electron chi connectivity index (χ3n) is 3.67. The van der Waals surface area contributed by atoms with Crippen molar-refractivity contribution in [2.75, 3.05) is 6.61 Å². The molecule has 0 aromatic rings. The van der Waals surface area contributed by atoms with Crippen LogP contribution in [0.15, 0.2) is 0 Å². The van der Waals surface area contributed by atoms with E-state index in [-0.39, 0.29) is 5.54 Å².